The SMILES string of the molecule is N#CN(C(=O)Nc1c2c(cc3c1CCC3)CCC2)[S@](=N)(=O)c1cnn2c1OCCC2. The number of aryl methyl sites for hydroxylation is 3. The maximum absolute atomic E-state index is 13.3. The molecule has 0 unspecified atom stereocenters. The maximum atomic E-state index is 13.3. The monoisotopic (exact) mass is 426 g/mol. The second-order valence-corrected chi connectivity index (χ2v) is 9.68. The molecule has 9 nitrogen and oxygen atoms in total. The number of carbonyl (C=O) groups is 1. The van der Waals surface area contributed by atoms with Crippen LogP contribution in [0.5, 0.6) is 5.88 Å². The summed E-state index contributed by atoms with van der Waals surface area (Å²) >= 11 is 0. The smallest absolute Gasteiger partial charge is 0.348 e. The molecule has 2 aliphatic carbocycles. The first kappa shape index (κ1) is 18.9. The van der Waals surface area contributed by atoms with Crippen molar-refractivity contribution >= 4 is 21.6 Å². The molecule has 1 atom stereocenters. The number of amides is 2. The van der Waals surface area contributed by atoms with Gasteiger partial charge in [-0.3, -0.25) is 0 Å². The molecule has 0 spiro atoms. The number of nitrogens with one attached hydrogen (secondary N) is 2. The summed E-state index contributed by atoms with van der Waals surface area (Å²) in [5.74, 6) is 0.191. The lowest BCUT2D eigenvalue weighted by Crippen LogP contribution is -2.36. The molecule has 5 rings (SSSR count). The number of ether oxygens (including phenoxy) is 1. The van der Waals surface area contributed by atoms with E-state index in [1.54, 1.807) is 6.19 Å². The van der Waals surface area contributed by atoms with Gasteiger partial charge in [0.25, 0.3) is 0 Å². The van der Waals surface area contributed by atoms with E-state index >= 15 is 0 Å². The molecule has 2 aromatic rings. The van der Waals surface area contributed by atoms with Crippen LogP contribution in [0.2, 0.25) is 0 Å². The summed E-state index contributed by atoms with van der Waals surface area (Å²) in [4.78, 5) is 13.0. The average Bonchev–Trinajstić information content (AvgIpc) is 3.47. The predicted molar refractivity (Wildman–Crippen MR) is 108 cm³/mol. The summed E-state index contributed by atoms with van der Waals surface area (Å²) in [6, 6.07) is 1.38. The second-order valence-electron chi connectivity index (χ2n) is 7.82. The standard InChI is InChI=1S/C20H22N6O3S/c21-12-26(30(22,28)17-11-23-25-8-3-9-29-19(17)25)20(27)24-18-15-6-1-4-13(15)10-14-5-2-7-16(14)18/h10-11,22H,1-9H2,(H,24,27)/t30-/m0/s1. The van der Waals surface area contributed by atoms with E-state index < -0.39 is 15.9 Å². The van der Waals surface area contributed by atoms with Gasteiger partial charge in [0.2, 0.25) is 12.1 Å². The van der Waals surface area contributed by atoms with Gasteiger partial charge in [-0.05, 0) is 60.8 Å². The van der Waals surface area contributed by atoms with Crippen molar-refractivity contribution in [2.75, 3.05) is 11.9 Å². The van der Waals surface area contributed by atoms with Crippen molar-refractivity contribution < 1.29 is 13.7 Å². The van der Waals surface area contributed by atoms with E-state index in [4.69, 9.17) is 9.52 Å². The quantitative estimate of drug-likeness (QED) is 0.577. The average molecular weight is 427 g/mol. The van der Waals surface area contributed by atoms with Crippen LogP contribution in [-0.4, -0.2) is 30.9 Å². The first-order valence-electron chi connectivity index (χ1n) is 10.2. The number of aromatic nitrogens is 2. The van der Waals surface area contributed by atoms with Gasteiger partial charge in [0.1, 0.15) is 0 Å². The van der Waals surface area contributed by atoms with E-state index in [0.29, 0.717) is 17.5 Å². The molecule has 1 aliphatic heterocycles. The zero-order chi connectivity index (χ0) is 20.9. The molecular formula is C20H22N6O3S. The summed E-state index contributed by atoms with van der Waals surface area (Å²) in [6.07, 6.45) is 9.40. The van der Waals surface area contributed by atoms with Crippen LogP contribution in [0.1, 0.15) is 41.5 Å². The Labute approximate surface area is 174 Å². The number of nitriles is 1. The van der Waals surface area contributed by atoms with Gasteiger partial charge in [-0.25, -0.2) is 18.5 Å². The first-order valence-corrected chi connectivity index (χ1v) is 11.7. The van der Waals surface area contributed by atoms with Crippen LogP contribution in [0.25, 0.3) is 0 Å². The largest absolute Gasteiger partial charge is 0.477 e. The fraction of sp³-hybridized carbons (Fsp3) is 0.450. The summed E-state index contributed by atoms with van der Waals surface area (Å²) in [5.41, 5.74) is 5.42. The lowest BCUT2D eigenvalue weighted by Gasteiger charge is -2.22. The Morgan fingerprint density at radius 2 is 1.93 bits per heavy atom. The van der Waals surface area contributed by atoms with E-state index in [9.17, 15) is 14.3 Å². The molecule has 156 valence electrons. The van der Waals surface area contributed by atoms with Crippen LogP contribution in [0.3, 0.4) is 0 Å². The molecule has 1 aromatic heterocycles. The van der Waals surface area contributed by atoms with Crippen molar-refractivity contribution in [2.24, 2.45) is 0 Å². The Morgan fingerprint density at radius 3 is 2.60 bits per heavy atom. The minimum atomic E-state index is -3.94. The molecule has 0 saturated carbocycles. The summed E-state index contributed by atoms with van der Waals surface area (Å²) in [6.45, 7) is 0.987. The van der Waals surface area contributed by atoms with Gasteiger partial charge >= 0.3 is 6.03 Å². The summed E-state index contributed by atoms with van der Waals surface area (Å²) < 4.78 is 29.2. The van der Waals surface area contributed by atoms with Crippen LogP contribution in [0.15, 0.2) is 17.2 Å². The molecule has 0 bridgehead atoms. The number of hydrogen-bond acceptors (Lipinski definition) is 6. The van der Waals surface area contributed by atoms with Gasteiger partial charge in [-0.15, -0.1) is 4.31 Å². The highest BCUT2D eigenvalue weighted by Crippen LogP contribution is 2.39. The number of hydrogen-bond donors (Lipinski definition) is 2. The number of urea groups is 1. The lowest BCUT2D eigenvalue weighted by molar-refractivity contribution is 0.224. The van der Waals surface area contributed by atoms with E-state index in [0.717, 1.165) is 61.8 Å². The van der Waals surface area contributed by atoms with Crippen molar-refractivity contribution in [3.63, 3.8) is 0 Å². The fourth-order valence-corrected chi connectivity index (χ4v) is 5.86. The molecule has 1 aromatic carbocycles. The van der Waals surface area contributed by atoms with Gasteiger partial charge in [0.15, 0.2) is 14.8 Å². The molecular weight excluding hydrogens is 404 g/mol. The van der Waals surface area contributed by atoms with Crippen LogP contribution in [-0.2, 0) is 42.1 Å². The maximum Gasteiger partial charge on any atom is 0.348 e. The number of anilines is 1. The van der Waals surface area contributed by atoms with Gasteiger partial charge in [-0.2, -0.15) is 10.4 Å². The van der Waals surface area contributed by atoms with Gasteiger partial charge in [-0.1, -0.05) is 6.07 Å². The van der Waals surface area contributed by atoms with Crippen LogP contribution >= 0.6 is 0 Å². The molecule has 0 fully saturated rings. The fourth-order valence-electron chi connectivity index (χ4n) is 4.68. The zero-order valence-corrected chi connectivity index (χ0v) is 17.3. The third kappa shape index (κ3) is 2.84. The van der Waals surface area contributed by atoms with Crippen molar-refractivity contribution in [1.82, 2.24) is 14.1 Å². The Hall–Kier alpha value is -3.06. The molecule has 2 heterocycles. The van der Waals surface area contributed by atoms with E-state index in [2.05, 4.69) is 16.5 Å². The van der Waals surface area contributed by atoms with Crippen molar-refractivity contribution in [2.45, 2.75) is 56.4 Å². The first-order chi connectivity index (χ1) is 14.5. The Bertz CT molecular complexity index is 1160. The minimum absolute atomic E-state index is 0.0533. The molecule has 2 amide bonds. The third-order valence-corrected chi connectivity index (χ3v) is 7.69. The van der Waals surface area contributed by atoms with Crippen molar-refractivity contribution in [3.05, 3.63) is 34.5 Å². The van der Waals surface area contributed by atoms with E-state index in [-0.39, 0.29) is 10.8 Å². The number of carbonyl (C=O) groups excluding carboxylic acids is 1. The molecule has 0 saturated heterocycles. The van der Waals surface area contributed by atoms with Gasteiger partial charge in [0.05, 0.1) is 12.8 Å². The van der Waals surface area contributed by atoms with Crippen LogP contribution < -0.4 is 10.1 Å². The summed E-state index contributed by atoms with van der Waals surface area (Å²) in [7, 11) is -3.94. The topological polar surface area (TPSA) is 124 Å². The van der Waals surface area contributed by atoms with Crippen molar-refractivity contribution in [3.8, 4) is 12.1 Å². The molecule has 3 aliphatic rings. The van der Waals surface area contributed by atoms with Crippen LogP contribution in [0.4, 0.5) is 10.5 Å². The molecule has 0 radical (unpaired) electrons. The van der Waals surface area contributed by atoms with E-state index in [1.165, 1.54) is 22.0 Å². The third-order valence-electron chi connectivity index (χ3n) is 6.05. The Morgan fingerprint density at radius 1 is 1.23 bits per heavy atom. The number of benzene rings is 1. The van der Waals surface area contributed by atoms with Gasteiger partial charge < -0.3 is 10.1 Å². The van der Waals surface area contributed by atoms with E-state index in [1.807, 2.05) is 0 Å². The number of nitrogens with zero attached hydrogens (tertiary/aromatic N) is 4. The van der Waals surface area contributed by atoms with Crippen molar-refractivity contribution in [1.29, 1.82) is 10.0 Å². The van der Waals surface area contributed by atoms with Gasteiger partial charge in [0, 0.05) is 18.7 Å². The predicted octanol–water partition coefficient (Wildman–Crippen LogP) is 2.98. The molecule has 10 heteroatoms. The Kier molecular flexibility index (Phi) is 4.43. The number of fused-ring (bicyclic) bond motifs is 3. The second kappa shape index (κ2) is 7.02. The molecule has 30 heavy (non-hydrogen) atoms. The zero-order valence-electron chi connectivity index (χ0n) is 16.4. The molecule has 2 N–H and O–H groups in total. The van der Waals surface area contributed by atoms with Crippen LogP contribution in [0, 0.1) is 16.2 Å². The Balaban J connectivity index is 1.50. The normalized spacial score (nSPS) is 18.4. The number of rotatable bonds is 3. The summed E-state index contributed by atoms with van der Waals surface area (Å²) in [5, 5.41) is 16.6. The highest BCUT2D eigenvalue weighted by molar-refractivity contribution is 7.91. The lowest BCUT2D eigenvalue weighted by atomic mass is 9.99. The highest BCUT2D eigenvalue weighted by atomic mass is 32.2. The highest BCUT2D eigenvalue weighted by Gasteiger charge is 2.34. The minimum Gasteiger partial charge on any atom is -0.477 e.